The number of halogens is 7. The summed E-state index contributed by atoms with van der Waals surface area (Å²) < 4.78 is 89.3. The summed E-state index contributed by atoms with van der Waals surface area (Å²) in [6, 6.07) is 0. The minimum Gasteiger partial charge on any atom is -0.203 e. The normalized spacial score (nSPS) is 12.3. The average Bonchev–Trinajstić information content (AvgIpc) is 2.20. The summed E-state index contributed by atoms with van der Waals surface area (Å²) in [6.45, 7) is 2.52. The van der Waals surface area contributed by atoms with E-state index in [2.05, 4.69) is 0 Å². The lowest BCUT2D eigenvalue weighted by Gasteiger charge is -2.14. The van der Waals surface area contributed by atoms with Crippen LogP contribution in [0.2, 0.25) is 0 Å². The van der Waals surface area contributed by atoms with Crippen molar-refractivity contribution in [2.24, 2.45) is 0 Å². The van der Waals surface area contributed by atoms with Crippen LogP contribution in [-0.4, -0.2) is 5.51 Å². The van der Waals surface area contributed by atoms with Gasteiger partial charge in [-0.2, -0.15) is 13.2 Å². The molecule has 0 aliphatic rings. The quantitative estimate of drug-likeness (QED) is 0.421. The SMILES string of the molecule is CC(C)c1c(F)c(F)c(SC(F)(F)F)c(F)c1F. The van der Waals surface area contributed by atoms with E-state index in [-0.39, 0.29) is 0 Å². The van der Waals surface area contributed by atoms with Crippen molar-refractivity contribution in [3.63, 3.8) is 0 Å². The Bertz CT molecular complexity index is 435. The fourth-order valence-electron chi connectivity index (χ4n) is 1.34. The van der Waals surface area contributed by atoms with Crippen molar-refractivity contribution < 1.29 is 30.7 Å². The van der Waals surface area contributed by atoms with Gasteiger partial charge in [0.25, 0.3) is 0 Å². The van der Waals surface area contributed by atoms with Crippen molar-refractivity contribution >= 4 is 11.8 Å². The van der Waals surface area contributed by atoms with Crippen LogP contribution in [0.5, 0.6) is 0 Å². The molecule has 0 aliphatic heterocycles. The monoisotopic (exact) mass is 292 g/mol. The largest absolute Gasteiger partial charge is 0.446 e. The van der Waals surface area contributed by atoms with Gasteiger partial charge in [0.1, 0.15) is 0 Å². The highest BCUT2D eigenvalue weighted by atomic mass is 32.2. The number of benzene rings is 1. The second-order valence-corrected chi connectivity index (χ2v) is 4.78. The number of alkyl halides is 3. The van der Waals surface area contributed by atoms with E-state index in [1.54, 1.807) is 0 Å². The molecule has 0 saturated carbocycles. The van der Waals surface area contributed by atoms with Gasteiger partial charge >= 0.3 is 5.51 Å². The molecule has 1 aromatic rings. The molecular formula is C10H7F7S. The molecular weight excluding hydrogens is 285 g/mol. The number of thioether (sulfide) groups is 1. The summed E-state index contributed by atoms with van der Waals surface area (Å²) in [7, 11) is 0. The predicted molar refractivity (Wildman–Crippen MR) is 52.3 cm³/mol. The summed E-state index contributed by atoms with van der Waals surface area (Å²) in [5, 5.41) is 0. The zero-order valence-electron chi connectivity index (χ0n) is 9.13. The first-order chi connectivity index (χ1) is 8.06. The molecule has 8 heteroatoms. The molecule has 0 radical (unpaired) electrons. The van der Waals surface area contributed by atoms with Crippen LogP contribution in [0.25, 0.3) is 0 Å². The standard InChI is InChI=1S/C10H7F7S/c1-3(2)4-5(11)7(13)9(8(14)6(4)12)18-10(15,16)17/h3H,1-2H3. The summed E-state index contributed by atoms with van der Waals surface area (Å²) in [4.78, 5) is -1.72. The smallest absolute Gasteiger partial charge is 0.203 e. The number of hydrogen-bond acceptors (Lipinski definition) is 1. The van der Waals surface area contributed by atoms with E-state index in [4.69, 9.17) is 0 Å². The van der Waals surface area contributed by atoms with E-state index in [1.807, 2.05) is 0 Å². The van der Waals surface area contributed by atoms with Gasteiger partial charge < -0.3 is 0 Å². The highest BCUT2D eigenvalue weighted by Crippen LogP contribution is 2.42. The molecule has 0 aliphatic carbocycles. The van der Waals surface area contributed by atoms with Gasteiger partial charge in [-0.3, -0.25) is 0 Å². The lowest BCUT2D eigenvalue weighted by atomic mass is 10.0. The van der Waals surface area contributed by atoms with E-state index in [1.165, 1.54) is 13.8 Å². The van der Waals surface area contributed by atoms with E-state index < -0.39 is 56.9 Å². The summed E-state index contributed by atoms with van der Waals surface area (Å²) in [5.41, 5.74) is -5.95. The minimum absolute atomic E-state index is 0.904. The topological polar surface area (TPSA) is 0 Å². The van der Waals surface area contributed by atoms with Crippen LogP contribution in [0.15, 0.2) is 4.90 Å². The Labute approximate surface area is 102 Å². The molecule has 0 heterocycles. The van der Waals surface area contributed by atoms with Crippen molar-refractivity contribution in [1.82, 2.24) is 0 Å². The molecule has 102 valence electrons. The molecule has 1 aromatic carbocycles. The maximum absolute atomic E-state index is 13.4. The molecule has 0 bridgehead atoms. The van der Waals surface area contributed by atoms with E-state index in [0.29, 0.717) is 0 Å². The number of hydrogen-bond donors (Lipinski definition) is 0. The van der Waals surface area contributed by atoms with Crippen LogP contribution >= 0.6 is 11.8 Å². The van der Waals surface area contributed by atoms with Gasteiger partial charge in [-0.05, 0) is 17.7 Å². The van der Waals surface area contributed by atoms with Gasteiger partial charge in [0.15, 0.2) is 23.3 Å². The highest BCUT2D eigenvalue weighted by Gasteiger charge is 2.36. The fourth-order valence-corrected chi connectivity index (χ4v) is 1.93. The van der Waals surface area contributed by atoms with Crippen molar-refractivity contribution in [2.75, 3.05) is 0 Å². The first kappa shape index (κ1) is 15.1. The van der Waals surface area contributed by atoms with Gasteiger partial charge in [0.05, 0.1) is 4.90 Å². The molecule has 0 aromatic heterocycles. The zero-order valence-corrected chi connectivity index (χ0v) is 9.95. The molecule has 0 fully saturated rings. The first-order valence-corrected chi connectivity index (χ1v) is 5.49. The Morgan fingerprint density at radius 2 is 1.22 bits per heavy atom. The van der Waals surface area contributed by atoms with Crippen molar-refractivity contribution in [1.29, 1.82) is 0 Å². The van der Waals surface area contributed by atoms with Gasteiger partial charge in [-0.1, -0.05) is 13.8 Å². The van der Waals surface area contributed by atoms with Crippen LogP contribution in [0.1, 0.15) is 25.3 Å². The second kappa shape index (κ2) is 4.99. The third-order valence-electron chi connectivity index (χ3n) is 2.05. The minimum atomic E-state index is -5.04. The Kier molecular flexibility index (Phi) is 4.19. The van der Waals surface area contributed by atoms with Crippen molar-refractivity contribution in [3.05, 3.63) is 28.8 Å². The van der Waals surface area contributed by atoms with Gasteiger partial charge in [-0.25, -0.2) is 17.6 Å². The molecule has 0 unspecified atom stereocenters. The van der Waals surface area contributed by atoms with E-state index in [9.17, 15) is 30.7 Å². The maximum Gasteiger partial charge on any atom is 0.446 e. The average molecular weight is 292 g/mol. The lowest BCUT2D eigenvalue weighted by Crippen LogP contribution is -2.10. The zero-order chi connectivity index (χ0) is 14.2. The van der Waals surface area contributed by atoms with Crippen LogP contribution in [0.3, 0.4) is 0 Å². The van der Waals surface area contributed by atoms with Gasteiger partial charge in [0.2, 0.25) is 0 Å². The Balaban J connectivity index is 3.49. The molecule has 18 heavy (non-hydrogen) atoms. The van der Waals surface area contributed by atoms with Crippen molar-refractivity contribution in [2.45, 2.75) is 30.2 Å². The highest BCUT2D eigenvalue weighted by molar-refractivity contribution is 8.00. The Hall–Kier alpha value is -0.920. The predicted octanol–water partition coefficient (Wildman–Crippen LogP) is 4.98. The fraction of sp³-hybridized carbons (Fsp3) is 0.400. The second-order valence-electron chi connectivity index (χ2n) is 3.70. The molecule has 0 atom stereocenters. The van der Waals surface area contributed by atoms with Crippen LogP contribution < -0.4 is 0 Å². The Morgan fingerprint density at radius 3 is 1.50 bits per heavy atom. The van der Waals surface area contributed by atoms with E-state index in [0.717, 1.165) is 0 Å². The maximum atomic E-state index is 13.4. The van der Waals surface area contributed by atoms with E-state index >= 15 is 0 Å². The third-order valence-corrected chi connectivity index (χ3v) is 2.85. The molecule has 0 saturated heterocycles. The van der Waals surface area contributed by atoms with Crippen LogP contribution in [0, 0.1) is 23.3 Å². The summed E-state index contributed by atoms with van der Waals surface area (Å²) in [6.07, 6.45) is 0. The molecule has 0 spiro atoms. The Morgan fingerprint density at radius 1 is 0.833 bits per heavy atom. The molecule has 0 amide bonds. The molecule has 1 rings (SSSR count). The van der Waals surface area contributed by atoms with Crippen LogP contribution in [0.4, 0.5) is 30.7 Å². The lowest BCUT2D eigenvalue weighted by molar-refractivity contribution is -0.0331. The van der Waals surface area contributed by atoms with Crippen LogP contribution in [-0.2, 0) is 0 Å². The van der Waals surface area contributed by atoms with Gasteiger partial charge in [0, 0.05) is 5.56 Å². The first-order valence-electron chi connectivity index (χ1n) is 4.67. The summed E-state index contributed by atoms with van der Waals surface area (Å²) >= 11 is -1.23. The van der Waals surface area contributed by atoms with Crippen molar-refractivity contribution in [3.8, 4) is 0 Å². The number of rotatable bonds is 2. The third kappa shape index (κ3) is 2.90. The van der Waals surface area contributed by atoms with Gasteiger partial charge in [-0.15, -0.1) is 0 Å². The summed E-state index contributed by atoms with van der Waals surface area (Å²) in [5.74, 6) is -8.55. The molecule has 0 N–H and O–H groups in total. The molecule has 0 nitrogen and oxygen atoms in total.